The molecular formula is C26H34F3N3O2. The summed E-state index contributed by atoms with van der Waals surface area (Å²) in [6.45, 7) is 2.44. The van der Waals surface area contributed by atoms with Gasteiger partial charge in [0.15, 0.2) is 0 Å². The number of fused-ring (bicyclic) bond motifs is 2. The van der Waals surface area contributed by atoms with Gasteiger partial charge >= 0.3 is 6.18 Å². The van der Waals surface area contributed by atoms with E-state index in [1.807, 2.05) is 4.90 Å². The highest BCUT2D eigenvalue weighted by Crippen LogP contribution is 2.56. The third kappa shape index (κ3) is 4.04. The first-order chi connectivity index (χ1) is 16.3. The largest absolute Gasteiger partial charge is 0.417 e. The molecular weight excluding hydrogens is 443 g/mol. The molecule has 1 saturated heterocycles. The molecule has 0 aromatic carbocycles. The molecule has 0 bridgehead atoms. The Hall–Kier alpha value is -1.67. The fraction of sp³-hybridized carbons (Fsp3) is 0.769. The number of hydrogen-bond donors (Lipinski definition) is 1. The van der Waals surface area contributed by atoms with E-state index in [2.05, 4.69) is 10.3 Å². The number of amides is 1. The van der Waals surface area contributed by atoms with Gasteiger partial charge in [-0.2, -0.15) is 13.2 Å². The van der Waals surface area contributed by atoms with Crippen molar-refractivity contribution < 1.29 is 22.7 Å². The molecule has 6 rings (SSSR count). The number of nitrogens with zero attached hydrogens (tertiary/aromatic N) is 2. The highest BCUT2D eigenvalue weighted by atomic mass is 19.4. The first-order valence-corrected chi connectivity index (χ1v) is 13.0. The zero-order valence-electron chi connectivity index (χ0n) is 19.6. The second-order valence-corrected chi connectivity index (χ2v) is 11.3. The van der Waals surface area contributed by atoms with Crippen LogP contribution >= 0.6 is 0 Å². The molecule has 1 N–H and O–H groups in total. The molecule has 1 aromatic heterocycles. The molecule has 186 valence electrons. The second-order valence-electron chi connectivity index (χ2n) is 11.3. The van der Waals surface area contributed by atoms with Gasteiger partial charge in [0.1, 0.15) is 0 Å². The van der Waals surface area contributed by atoms with Crippen molar-refractivity contribution in [3.8, 4) is 0 Å². The average Bonchev–Trinajstić information content (AvgIpc) is 3.50. The summed E-state index contributed by atoms with van der Waals surface area (Å²) < 4.78 is 45.4. The van der Waals surface area contributed by atoms with Crippen molar-refractivity contribution >= 4 is 5.91 Å². The van der Waals surface area contributed by atoms with Gasteiger partial charge in [0.25, 0.3) is 0 Å². The number of carbonyl (C=O) groups excluding carboxylic acids is 1. The Labute approximate surface area is 198 Å². The molecule has 0 radical (unpaired) electrons. The fourth-order valence-corrected chi connectivity index (χ4v) is 7.45. The minimum atomic E-state index is -4.42. The number of halogens is 3. The molecule has 0 spiro atoms. The minimum Gasteiger partial charge on any atom is -0.381 e. The Morgan fingerprint density at radius 3 is 2.88 bits per heavy atom. The smallest absolute Gasteiger partial charge is 0.381 e. The molecule has 34 heavy (non-hydrogen) atoms. The Bertz CT molecular complexity index is 950. The summed E-state index contributed by atoms with van der Waals surface area (Å²) in [4.78, 5) is 19.8. The van der Waals surface area contributed by atoms with Crippen LogP contribution in [-0.2, 0) is 28.7 Å². The summed E-state index contributed by atoms with van der Waals surface area (Å²) in [6.07, 6.45) is 5.61. The number of carbonyl (C=O) groups is 1. The molecule has 8 heteroatoms. The Kier molecular flexibility index (Phi) is 5.67. The van der Waals surface area contributed by atoms with E-state index in [4.69, 9.17) is 4.74 Å². The van der Waals surface area contributed by atoms with Crippen molar-refractivity contribution in [3.63, 3.8) is 0 Å². The van der Waals surface area contributed by atoms with Crippen LogP contribution in [0.3, 0.4) is 0 Å². The van der Waals surface area contributed by atoms with Gasteiger partial charge in [-0.3, -0.25) is 9.78 Å². The van der Waals surface area contributed by atoms with Crippen LogP contribution in [0.15, 0.2) is 12.3 Å². The molecule has 4 fully saturated rings. The van der Waals surface area contributed by atoms with Gasteiger partial charge in [0.2, 0.25) is 5.91 Å². The third-order valence-electron chi connectivity index (χ3n) is 9.29. The maximum absolute atomic E-state index is 14.0. The lowest BCUT2D eigenvalue weighted by molar-refractivity contribution is -0.144. The number of hydrogen-bond acceptors (Lipinski definition) is 4. The van der Waals surface area contributed by atoms with Gasteiger partial charge in [-0.15, -0.1) is 0 Å². The van der Waals surface area contributed by atoms with E-state index in [0.29, 0.717) is 48.1 Å². The summed E-state index contributed by atoms with van der Waals surface area (Å²) in [5.74, 6) is 1.92. The monoisotopic (exact) mass is 477 g/mol. The molecule has 3 heterocycles. The maximum atomic E-state index is 14.0. The normalized spacial score (nSPS) is 35.8. The van der Waals surface area contributed by atoms with Crippen LogP contribution in [0.1, 0.15) is 68.2 Å². The van der Waals surface area contributed by atoms with Crippen LogP contribution in [-0.4, -0.2) is 47.6 Å². The zero-order valence-corrected chi connectivity index (χ0v) is 19.6. The standard InChI is InChI=1S/C26H34F3N3O2/c27-26(28,29)19-10-17-14-32(8-5-22(17)30-13-19)24(33)25-7-1-2-18(25)11-20(12-25)31-23-6-9-34-15-21(23)16-3-4-16/h10,13,16,18,20-21,23,31H,1-9,11-12,14-15H2/t18-,20-,21+,23-,25-/m1/s1. The summed E-state index contributed by atoms with van der Waals surface area (Å²) in [7, 11) is 0. The van der Waals surface area contributed by atoms with Crippen molar-refractivity contribution in [1.29, 1.82) is 0 Å². The Morgan fingerprint density at radius 2 is 2.09 bits per heavy atom. The van der Waals surface area contributed by atoms with Crippen LogP contribution in [0.25, 0.3) is 0 Å². The minimum absolute atomic E-state index is 0.160. The van der Waals surface area contributed by atoms with E-state index in [0.717, 1.165) is 63.9 Å². The Morgan fingerprint density at radius 1 is 1.24 bits per heavy atom. The molecule has 0 unspecified atom stereocenters. The van der Waals surface area contributed by atoms with E-state index >= 15 is 0 Å². The zero-order chi connectivity index (χ0) is 23.5. The van der Waals surface area contributed by atoms with E-state index in [1.54, 1.807) is 0 Å². The molecule has 1 aromatic rings. The van der Waals surface area contributed by atoms with Crippen LogP contribution in [0.4, 0.5) is 13.2 Å². The van der Waals surface area contributed by atoms with Crippen molar-refractivity contribution in [2.45, 2.75) is 82.6 Å². The van der Waals surface area contributed by atoms with E-state index in [1.165, 1.54) is 18.9 Å². The van der Waals surface area contributed by atoms with Gasteiger partial charge in [0, 0.05) is 56.0 Å². The van der Waals surface area contributed by atoms with Crippen molar-refractivity contribution in [2.24, 2.45) is 23.2 Å². The number of alkyl halides is 3. The van der Waals surface area contributed by atoms with Crippen LogP contribution in [0, 0.1) is 23.2 Å². The van der Waals surface area contributed by atoms with E-state index in [-0.39, 0.29) is 17.9 Å². The first-order valence-electron chi connectivity index (χ1n) is 13.0. The van der Waals surface area contributed by atoms with Crippen molar-refractivity contribution in [3.05, 3.63) is 29.1 Å². The van der Waals surface area contributed by atoms with Crippen LogP contribution < -0.4 is 5.32 Å². The molecule has 2 aliphatic heterocycles. The highest BCUT2D eigenvalue weighted by molar-refractivity contribution is 5.84. The Balaban J connectivity index is 1.17. The van der Waals surface area contributed by atoms with E-state index < -0.39 is 11.7 Å². The third-order valence-corrected chi connectivity index (χ3v) is 9.29. The van der Waals surface area contributed by atoms with Crippen molar-refractivity contribution in [1.82, 2.24) is 15.2 Å². The number of pyridine rings is 1. The SMILES string of the molecule is O=C(N1CCc2ncc(C(F)(F)F)cc2C1)[C@@]12CCC[C@@H]1C[C@@H](N[C@@H]1CCOC[C@H]1C1CC1)C2. The lowest BCUT2D eigenvalue weighted by Crippen LogP contribution is -2.49. The fourth-order valence-electron chi connectivity index (χ4n) is 7.45. The maximum Gasteiger partial charge on any atom is 0.417 e. The van der Waals surface area contributed by atoms with Crippen LogP contribution in [0.2, 0.25) is 0 Å². The summed E-state index contributed by atoms with van der Waals surface area (Å²) >= 11 is 0. The molecule has 5 nitrogen and oxygen atoms in total. The number of rotatable bonds is 4. The first kappa shape index (κ1) is 22.8. The van der Waals surface area contributed by atoms with Crippen LogP contribution in [0.5, 0.6) is 0 Å². The molecule has 5 atom stereocenters. The second kappa shape index (κ2) is 8.47. The van der Waals surface area contributed by atoms with Gasteiger partial charge in [-0.25, -0.2) is 0 Å². The number of ether oxygens (including phenoxy) is 1. The van der Waals surface area contributed by atoms with Gasteiger partial charge in [0.05, 0.1) is 17.6 Å². The number of nitrogens with one attached hydrogen (secondary N) is 1. The topological polar surface area (TPSA) is 54.5 Å². The molecule has 3 saturated carbocycles. The summed E-state index contributed by atoms with van der Waals surface area (Å²) in [6, 6.07) is 2.01. The quantitative estimate of drug-likeness (QED) is 0.701. The molecule has 3 aliphatic carbocycles. The summed E-state index contributed by atoms with van der Waals surface area (Å²) in [5, 5.41) is 3.95. The lowest BCUT2D eigenvalue weighted by atomic mass is 9.78. The van der Waals surface area contributed by atoms with Crippen molar-refractivity contribution in [2.75, 3.05) is 19.8 Å². The predicted molar refractivity (Wildman–Crippen MR) is 120 cm³/mol. The molecule has 1 amide bonds. The van der Waals surface area contributed by atoms with Gasteiger partial charge in [-0.1, -0.05) is 6.42 Å². The molecule has 5 aliphatic rings. The summed E-state index contributed by atoms with van der Waals surface area (Å²) in [5.41, 5.74) is 0.144. The average molecular weight is 478 g/mol. The van der Waals surface area contributed by atoms with E-state index in [9.17, 15) is 18.0 Å². The predicted octanol–water partition coefficient (Wildman–Crippen LogP) is 4.34. The highest BCUT2D eigenvalue weighted by Gasteiger charge is 2.56. The number of aromatic nitrogens is 1. The van der Waals surface area contributed by atoms with Gasteiger partial charge < -0.3 is 15.0 Å². The lowest BCUT2D eigenvalue weighted by Gasteiger charge is -2.38. The van der Waals surface area contributed by atoms with Gasteiger partial charge in [-0.05, 0) is 68.4 Å².